The van der Waals surface area contributed by atoms with Gasteiger partial charge in [-0.3, -0.25) is 0 Å². The van der Waals surface area contributed by atoms with Crippen LogP contribution in [0.3, 0.4) is 0 Å². The molecule has 1 atom stereocenters. The molecule has 0 bridgehead atoms. The molecule has 0 radical (unpaired) electrons. The second kappa shape index (κ2) is 9.68. The number of benzene rings is 1. The van der Waals surface area contributed by atoms with Crippen molar-refractivity contribution in [2.45, 2.75) is 18.6 Å². The molecule has 8 nitrogen and oxygen atoms in total. The van der Waals surface area contributed by atoms with Gasteiger partial charge in [-0.1, -0.05) is 6.07 Å². The number of aliphatic hydroxyl groups is 1. The van der Waals surface area contributed by atoms with E-state index in [0.29, 0.717) is 56.7 Å². The number of rotatable bonds is 10. The summed E-state index contributed by atoms with van der Waals surface area (Å²) in [6, 6.07) is 7.61. The maximum atomic E-state index is 10.9. The number of nitrogens with zero attached hydrogens (tertiary/aromatic N) is 3. The van der Waals surface area contributed by atoms with Gasteiger partial charge in [-0.05, 0) is 30.2 Å². The van der Waals surface area contributed by atoms with E-state index in [0.717, 1.165) is 12.1 Å². The summed E-state index contributed by atoms with van der Waals surface area (Å²) in [5, 5.41) is 14.2. The normalized spacial score (nSPS) is 19.0. The first-order valence-electron chi connectivity index (χ1n) is 9.37. The zero-order valence-corrected chi connectivity index (χ0v) is 16.4. The van der Waals surface area contributed by atoms with Gasteiger partial charge in [-0.2, -0.15) is 0 Å². The Morgan fingerprint density at radius 2 is 2.00 bits per heavy atom. The second-order valence-corrected chi connectivity index (χ2v) is 6.87. The van der Waals surface area contributed by atoms with Gasteiger partial charge in [-0.25, -0.2) is 9.97 Å². The van der Waals surface area contributed by atoms with Crippen molar-refractivity contribution < 1.29 is 19.3 Å². The molecule has 2 aromatic rings. The third-order valence-electron chi connectivity index (χ3n) is 4.72. The van der Waals surface area contributed by atoms with Gasteiger partial charge in [0, 0.05) is 39.1 Å². The van der Waals surface area contributed by atoms with Crippen LogP contribution in [0.5, 0.6) is 11.5 Å². The number of methoxy groups -OCH3 is 2. The SMILES string of the molecule is COCCOc1cc(CNCC2(O)CCN(c3ncccn3)C2)ccc1OC. The predicted octanol–water partition coefficient (Wildman–Crippen LogP) is 1.24. The van der Waals surface area contributed by atoms with Crippen molar-refractivity contribution in [3.05, 3.63) is 42.2 Å². The van der Waals surface area contributed by atoms with Crippen LogP contribution in [0.1, 0.15) is 12.0 Å². The van der Waals surface area contributed by atoms with Crippen molar-refractivity contribution >= 4 is 5.95 Å². The van der Waals surface area contributed by atoms with Crippen molar-refractivity contribution in [3.8, 4) is 11.5 Å². The molecule has 2 heterocycles. The Kier molecular flexibility index (Phi) is 7.02. The van der Waals surface area contributed by atoms with Gasteiger partial charge in [0.1, 0.15) is 6.61 Å². The molecule has 0 aliphatic carbocycles. The Bertz CT molecular complexity index is 746. The Hall–Kier alpha value is -2.42. The Morgan fingerprint density at radius 3 is 2.75 bits per heavy atom. The minimum absolute atomic E-state index is 0.459. The van der Waals surface area contributed by atoms with E-state index in [1.807, 2.05) is 23.1 Å². The van der Waals surface area contributed by atoms with Crippen molar-refractivity contribution in [2.75, 3.05) is 52.0 Å². The summed E-state index contributed by atoms with van der Waals surface area (Å²) in [5.74, 6) is 2.03. The first-order chi connectivity index (χ1) is 13.6. The summed E-state index contributed by atoms with van der Waals surface area (Å²) in [4.78, 5) is 10.5. The molecule has 8 heteroatoms. The highest BCUT2D eigenvalue weighted by atomic mass is 16.5. The predicted molar refractivity (Wildman–Crippen MR) is 106 cm³/mol. The maximum absolute atomic E-state index is 10.9. The number of hydrogen-bond donors (Lipinski definition) is 2. The average molecular weight is 388 g/mol. The van der Waals surface area contributed by atoms with Crippen LogP contribution in [0.4, 0.5) is 5.95 Å². The van der Waals surface area contributed by atoms with Crippen molar-refractivity contribution in [2.24, 2.45) is 0 Å². The Labute approximate surface area is 165 Å². The lowest BCUT2D eigenvalue weighted by atomic mass is 10.0. The molecule has 1 unspecified atom stereocenters. The molecule has 1 aromatic heterocycles. The first kappa shape index (κ1) is 20.3. The van der Waals surface area contributed by atoms with E-state index in [2.05, 4.69) is 15.3 Å². The number of β-amino-alcohol motifs (C(OH)–C–C–N with tert-alkyl or cyclic N) is 1. The standard InChI is InChI=1S/C20H28N4O4/c1-26-10-11-28-18-12-16(4-5-17(18)27-2)13-21-14-20(25)6-9-24(15-20)19-22-7-3-8-23-19/h3-5,7-8,12,21,25H,6,9-11,13-15H2,1-2H3. The summed E-state index contributed by atoms with van der Waals surface area (Å²) < 4.78 is 16.1. The molecule has 0 spiro atoms. The Morgan fingerprint density at radius 1 is 1.18 bits per heavy atom. The highest BCUT2D eigenvalue weighted by Crippen LogP contribution is 2.28. The lowest BCUT2D eigenvalue weighted by Crippen LogP contribution is -2.43. The summed E-state index contributed by atoms with van der Waals surface area (Å²) >= 11 is 0. The molecule has 1 fully saturated rings. The van der Waals surface area contributed by atoms with Gasteiger partial charge in [0.15, 0.2) is 11.5 Å². The molecule has 1 aromatic carbocycles. The van der Waals surface area contributed by atoms with E-state index >= 15 is 0 Å². The summed E-state index contributed by atoms with van der Waals surface area (Å²) in [6.45, 7) is 3.33. The van der Waals surface area contributed by atoms with E-state index < -0.39 is 5.60 Å². The average Bonchev–Trinajstić information content (AvgIpc) is 3.11. The van der Waals surface area contributed by atoms with Crippen molar-refractivity contribution in [1.82, 2.24) is 15.3 Å². The lowest BCUT2D eigenvalue weighted by Gasteiger charge is -2.24. The molecule has 152 valence electrons. The number of ether oxygens (including phenoxy) is 3. The van der Waals surface area contributed by atoms with Crippen LogP contribution >= 0.6 is 0 Å². The molecule has 0 saturated carbocycles. The molecule has 0 amide bonds. The van der Waals surface area contributed by atoms with E-state index in [1.54, 1.807) is 32.7 Å². The van der Waals surface area contributed by atoms with Gasteiger partial charge in [0.2, 0.25) is 5.95 Å². The number of aromatic nitrogens is 2. The molecule has 1 saturated heterocycles. The fourth-order valence-electron chi connectivity index (χ4n) is 3.24. The van der Waals surface area contributed by atoms with Gasteiger partial charge in [-0.15, -0.1) is 0 Å². The highest BCUT2D eigenvalue weighted by molar-refractivity contribution is 5.43. The minimum Gasteiger partial charge on any atom is -0.493 e. The molecule has 2 N–H and O–H groups in total. The van der Waals surface area contributed by atoms with E-state index in [-0.39, 0.29) is 0 Å². The van der Waals surface area contributed by atoms with Gasteiger partial charge in [0.05, 0.1) is 25.9 Å². The fraction of sp³-hybridized carbons (Fsp3) is 0.500. The van der Waals surface area contributed by atoms with Crippen LogP contribution in [0, 0.1) is 0 Å². The Balaban J connectivity index is 1.52. The number of hydrogen-bond acceptors (Lipinski definition) is 8. The van der Waals surface area contributed by atoms with Crippen LogP contribution in [-0.4, -0.2) is 67.7 Å². The largest absolute Gasteiger partial charge is 0.493 e. The highest BCUT2D eigenvalue weighted by Gasteiger charge is 2.36. The lowest BCUT2D eigenvalue weighted by molar-refractivity contribution is 0.0626. The smallest absolute Gasteiger partial charge is 0.225 e. The van der Waals surface area contributed by atoms with Gasteiger partial charge < -0.3 is 29.5 Å². The third kappa shape index (κ3) is 5.31. The monoisotopic (exact) mass is 388 g/mol. The second-order valence-electron chi connectivity index (χ2n) is 6.87. The van der Waals surface area contributed by atoms with Crippen molar-refractivity contribution in [3.63, 3.8) is 0 Å². The zero-order valence-electron chi connectivity index (χ0n) is 16.4. The number of anilines is 1. The molecular weight excluding hydrogens is 360 g/mol. The molecule has 1 aliphatic rings. The van der Waals surface area contributed by atoms with E-state index in [9.17, 15) is 5.11 Å². The molecule has 3 rings (SSSR count). The van der Waals surface area contributed by atoms with Gasteiger partial charge >= 0.3 is 0 Å². The molecular formula is C20H28N4O4. The summed E-state index contributed by atoms with van der Waals surface area (Å²) in [7, 11) is 3.26. The van der Waals surface area contributed by atoms with Crippen LogP contribution in [0.15, 0.2) is 36.7 Å². The molecule has 28 heavy (non-hydrogen) atoms. The van der Waals surface area contributed by atoms with Crippen LogP contribution < -0.4 is 19.7 Å². The number of nitrogens with one attached hydrogen (secondary N) is 1. The minimum atomic E-state index is -0.802. The summed E-state index contributed by atoms with van der Waals surface area (Å²) in [5.41, 5.74) is 0.252. The van der Waals surface area contributed by atoms with Crippen LogP contribution in [0.25, 0.3) is 0 Å². The van der Waals surface area contributed by atoms with Crippen LogP contribution in [-0.2, 0) is 11.3 Å². The van der Waals surface area contributed by atoms with Crippen molar-refractivity contribution in [1.29, 1.82) is 0 Å². The van der Waals surface area contributed by atoms with Gasteiger partial charge in [0.25, 0.3) is 0 Å². The van der Waals surface area contributed by atoms with E-state index in [1.165, 1.54) is 0 Å². The maximum Gasteiger partial charge on any atom is 0.225 e. The quantitative estimate of drug-likeness (QED) is 0.588. The topological polar surface area (TPSA) is 89.0 Å². The molecule has 1 aliphatic heterocycles. The third-order valence-corrected chi connectivity index (χ3v) is 4.72. The van der Waals surface area contributed by atoms with Crippen LogP contribution in [0.2, 0.25) is 0 Å². The summed E-state index contributed by atoms with van der Waals surface area (Å²) in [6.07, 6.45) is 4.11. The first-order valence-corrected chi connectivity index (χ1v) is 9.37. The van der Waals surface area contributed by atoms with E-state index in [4.69, 9.17) is 14.2 Å². The zero-order chi connectivity index (χ0) is 19.8. The fourth-order valence-corrected chi connectivity index (χ4v) is 3.24.